The number of rotatable bonds is 4. The lowest BCUT2D eigenvalue weighted by atomic mass is 9.71. The number of aryl methyl sites for hydroxylation is 1. The number of para-hydroxylation sites is 1. The summed E-state index contributed by atoms with van der Waals surface area (Å²) in [4.78, 5) is 30.4. The Kier molecular flexibility index (Phi) is 4.93. The third-order valence-electron chi connectivity index (χ3n) is 6.93. The summed E-state index contributed by atoms with van der Waals surface area (Å²) in [6.45, 7) is 5.35. The fourth-order valence-electron chi connectivity index (χ4n) is 5.10. The van der Waals surface area contributed by atoms with Crippen LogP contribution >= 0.6 is 0 Å². The van der Waals surface area contributed by atoms with Crippen LogP contribution in [-0.2, 0) is 17.8 Å². The van der Waals surface area contributed by atoms with Crippen LogP contribution in [0.3, 0.4) is 0 Å². The fourth-order valence-corrected chi connectivity index (χ4v) is 5.10. The quantitative estimate of drug-likeness (QED) is 0.717. The van der Waals surface area contributed by atoms with Crippen LogP contribution in [0.5, 0.6) is 0 Å². The summed E-state index contributed by atoms with van der Waals surface area (Å²) >= 11 is 0. The van der Waals surface area contributed by atoms with Crippen molar-refractivity contribution in [3.05, 3.63) is 54.0 Å². The lowest BCUT2D eigenvalue weighted by molar-refractivity contribution is -0.148. The molecule has 5 rings (SSSR count). The van der Waals surface area contributed by atoms with Crippen molar-refractivity contribution in [3.63, 3.8) is 0 Å². The number of nitrogens with one attached hydrogen (secondary N) is 1. The first-order valence-electron chi connectivity index (χ1n) is 11.1. The van der Waals surface area contributed by atoms with Gasteiger partial charge in [-0.1, -0.05) is 25.1 Å². The zero-order valence-corrected chi connectivity index (χ0v) is 17.6. The molecule has 156 valence electrons. The average Bonchev–Trinajstić information content (AvgIpc) is 3.20. The molecule has 0 saturated carbocycles. The number of carbonyl (C=O) groups excluding carboxylic acids is 1. The number of hydrogen-bond donors (Lipinski definition) is 1. The highest BCUT2D eigenvalue weighted by Crippen LogP contribution is 2.42. The second kappa shape index (κ2) is 7.74. The maximum atomic E-state index is 13.6. The normalized spacial score (nSPS) is 19.0. The van der Waals surface area contributed by atoms with Crippen molar-refractivity contribution in [2.75, 3.05) is 24.5 Å². The summed E-state index contributed by atoms with van der Waals surface area (Å²) in [5.74, 6) is 1.14. The molecule has 2 saturated heterocycles. The first-order chi connectivity index (χ1) is 14.7. The summed E-state index contributed by atoms with van der Waals surface area (Å²) in [6.07, 6.45) is 8.66. The van der Waals surface area contributed by atoms with Crippen LogP contribution < -0.4 is 4.90 Å². The number of piperidine rings is 2. The van der Waals surface area contributed by atoms with Crippen LogP contribution in [0.15, 0.2) is 42.7 Å². The van der Waals surface area contributed by atoms with Gasteiger partial charge in [-0.3, -0.25) is 4.79 Å². The predicted molar refractivity (Wildman–Crippen MR) is 118 cm³/mol. The van der Waals surface area contributed by atoms with Gasteiger partial charge in [0.2, 0.25) is 11.9 Å². The van der Waals surface area contributed by atoms with Gasteiger partial charge in [-0.15, -0.1) is 0 Å². The molecule has 6 heteroatoms. The smallest absolute Gasteiger partial charge is 0.229 e. The van der Waals surface area contributed by atoms with Crippen LogP contribution in [-0.4, -0.2) is 45.4 Å². The van der Waals surface area contributed by atoms with Gasteiger partial charge in [0.25, 0.3) is 0 Å². The summed E-state index contributed by atoms with van der Waals surface area (Å²) in [7, 11) is 0. The van der Waals surface area contributed by atoms with E-state index in [9.17, 15) is 4.79 Å². The van der Waals surface area contributed by atoms with E-state index >= 15 is 0 Å². The van der Waals surface area contributed by atoms with E-state index in [4.69, 9.17) is 0 Å². The van der Waals surface area contributed by atoms with E-state index in [1.165, 1.54) is 10.9 Å². The van der Waals surface area contributed by atoms with Gasteiger partial charge in [-0.2, -0.15) is 0 Å². The van der Waals surface area contributed by atoms with E-state index in [2.05, 4.69) is 56.1 Å². The summed E-state index contributed by atoms with van der Waals surface area (Å²) in [5.41, 5.74) is 3.19. The Morgan fingerprint density at radius 2 is 1.93 bits per heavy atom. The van der Waals surface area contributed by atoms with Gasteiger partial charge in [-0.05, 0) is 49.8 Å². The first kappa shape index (κ1) is 19.1. The second-order valence-corrected chi connectivity index (χ2v) is 8.66. The Morgan fingerprint density at radius 1 is 1.10 bits per heavy atom. The zero-order chi connectivity index (χ0) is 20.6. The number of aromatic amines is 1. The van der Waals surface area contributed by atoms with Crippen molar-refractivity contribution in [1.29, 1.82) is 0 Å². The molecule has 0 radical (unpaired) electrons. The number of amides is 1. The van der Waals surface area contributed by atoms with E-state index in [0.29, 0.717) is 12.5 Å². The molecule has 2 aromatic heterocycles. The Labute approximate surface area is 177 Å². The van der Waals surface area contributed by atoms with Crippen molar-refractivity contribution in [1.82, 2.24) is 19.9 Å². The second-order valence-electron chi connectivity index (χ2n) is 8.66. The van der Waals surface area contributed by atoms with Crippen LogP contribution in [0.1, 0.15) is 43.9 Å². The van der Waals surface area contributed by atoms with Crippen LogP contribution in [0.2, 0.25) is 0 Å². The van der Waals surface area contributed by atoms with Gasteiger partial charge in [0.1, 0.15) is 0 Å². The number of likely N-dealkylation sites (tertiary alicyclic amines) is 1. The molecule has 0 aliphatic carbocycles. The number of carbonyl (C=O) groups is 1. The number of anilines is 1. The van der Waals surface area contributed by atoms with Gasteiger partial charge >= 0.3 is 0 Å². The van der Waals surface area contributed by atoms with Crippen molar-refractivity contribution in [2.24, 2.45) is 5.41 Å². The van der Waals surface area contributed by atoms with E-state index in [1.54, 1.807) is 0 Å². The highest BCUT2D eigenvalue weighted by atomic mass is 16.2. The number of hydrogen-bond acceptors (Lipinski definition) is 4. The summed E-state index contributed by atoms with van der Waals surface area (Å²) in [5, 5.41) is 1.22. The molecule has 0 atom stereocenters. The maximum Gasteiger partial charge on any atom is 0.229 e. The lowest BCUT2D eigenvalue weighted by Crippen LogP contribution is -2.53. The average molecular weight is 404 g/mol. The summed E-state index contributed by atoms with van der Waals surface area (Å²) in [6, 6.07) is 10.3. The molecular weight excluding hydrogens is 374 g/mol. The third-order valence-corrected chi connectivity index (χ3v) is 6.93. The fraction of sp³-hybridized carbons (Fsp3) is 0.458. The van der Waals surface area contributed by atoms with Crippen LogP contribution in [0.25, 0.3) is 10.9 Å². The highest BCUT2D eigenvalue weighted by Gasteiger charge is 2.46. The molecule has 0 unspecified atom stereocenters. The van der Waals surface area contributed by atoms with Gasteiger partial charge in [0.05, 0.1) is 5.41 Å². The highest BCUT2D eigenvalue weighted by molar-refractivity contribution is 5.86. The number of aromatic nitrogens is 3. The third kappa shape index (κ3) is 3.34. The molecule has 1 amide bonds. The minimum absolute atomic E-state index is 0.219. The minimum Gasteiger partial charge on any atom is -0.361 e. The molecule has 2 fully saturated rings. The van der Waals surface area contributed by atoms with Crippen molar-refractivity contribution < 1.29 is 4.79 Å². The molecule has 2 aliphatic heterocycles. The molecule has 2 aliphatic rings. The largest absolute Gasteiger partial charge is 0.361 e. The first-order valence-corrected chi connectivity index (χ1v) is 11.1. The standard InChI is InChI=1S/C24H29N5O/c1-2-19-8-12-25-23(27-19)28-14-10-24(11-15-28)9-5-13-29(22(24)30)17-18-16-26-21-7-4-3-6-20(18)21/h3-4,6-8,12,16,26H,2,5,9-11,13-15,17H2,1H3. The van der Waals surface area contributed by atoms with Gasteiger partial charge in [0, 0.05) is 55.2 Å². The van der Waals surface area contributed by atoms with E-state index in [-0.39, 0.29) is 5.41 Å². The monoisotopic (exact) mass is 403 g/mol. The van der Waals surface area contributed by atoms with E-state index in [1.807, 2.05) is 18.3 Å². The van der Waals surface area contributed by atoms with Gasteiger partial charge in [0.15, 0.2) is 0 Å². The van der Waals surface area contributed by atoms with Crippen molar-refractivity contribution >= 4 is 22.8 Å². The lowest BCUT2D eigenvalue weighted by Gasteiger charge is -2.46. The number of benzene rings is 1. The molecule has 3 aromatic rings. The molecular formula is C24H29N5O. The molecule has 6 nitrogen and oxygen atoms in total. The Morgan fingerprint density at radius 3 is 2.77 bits per heavy atom. The number of H-pyrrole nitrogens is 1. The molecule has 1 N–H and O–H groups in total. The SMILES string of the molecule is CCc1ccnc(N2CCC3(CCCN(Cc4c[nH]c5ccccc45)C3=O)CC2)n1. The van der Waals surface area contributed by atoms with Crippen LogP contribution in [0.4, 0.5) is 5.95 Å². The number of nitrogens with zero attached hydrogens (tertiary/aromatic N) is 4. The van der Waals surface area contributed by atoms with Gasteiger partial charge < -0.3 is 14.8 Å². The predicted octanol–water partition coefficient (Wildman–Crippen LogP) is 3.93. The Hall–Kier alpha value is -2.89. The zero-order valence-electron chi connectivity index (χ0n) is 17.6. The summed E-state index contributed by atoms with van der Waals surface area (Å²) < 4.78 is 0. The Bertz CT molecular complexity index is 1050. The van der Waals surface area contributed by atoms with Crippen molar-refractivity contribution in [3.8, 4) is 0 Å². The molecule has 4 heterocycles. The van der Waals surface area contributed by atoms with E-state index in [0.717, 1.165) is 68.9 Å². The number of fused-ring (bicyclic) bond motifs is 1. The molecule has 30 heavy (non-hydrogen) atoms. The van der Waals surface area contributed by atoms with Crippen LogP contribution in [0, 0.1) is 5.41 Å². The van der Waals surface area contributed by atoms with Crippen molar-refractivity contribution in [2.45, 2.75) is 45.6 Å². The van der Waals surface area contributed by atoms with Gasteiger partial charge in [-0.25, -0.2) is 9.97 Å². The topological polar surface area (TPSA) is 65.1 Å². The van der Waals surface area contributed by atoms with E-state index < -0.39 is 0 Å². The maximum absolute atomic E-state index is 13.6. The molecule has 0 bridgehead atoms. The Balaban J connectivity index is 1.30. The minimum atomic E-state index is -0.219. The molecule has 1 aromatic carbocycles. The molecule has 1 spiro atoms.